The Morgan fingerprint density at radius 2 is 2.16 bits per heavy atom. The molecule has 106 valence electrons. The molecule has 0 aromatic carbocycles. The van der Waals surface area contributed by atoms with Crippen LogP contribution in [0.3, 0.4) is 0 Å². The average molecular weight is 267 g/mol. The number of oxime groups is 1. The first-order chi connectivity index (χ1) is 9.06. The lowest BCUT2D eigenvalue weighted by atomic mass is 10.3. The van der Waals surface area contributed by atoms with E-state index in [1.807, 2.05) is 24.8 Å². The molecule has 0 amide bonds. The van der Waals surface area contributed by atoms with Gasteiger partial charge in [0.05, 0.1) is 6.61 Å². The van der Waals surface area contributed by atoms with E-state index in [2.05, 4.69) is 15.1 Å². The smallest absolute Gasteiger partial charge is 0.140 e. The zero-order chi connectivity index (χ0) is 14.3. The summed E-state index contributed by atoms with van der Waals surface area (Å²) in [5, 5.41) is 11.5. The number of methoxy groups -OCH3 is 1. The first kappa shape index (κ1) is 15.2. The molecule has 0 spiro atoms. The highest BCUT2D eigenvalue weighted by Crippen LogP contribution is 2.12. The molecule has 1 heterocycles. The van der Waals surface area contributed by atoms with Gasteiger partial charge in [-0.1, -0.05) is 5.16 Å². The quantitative estimate of drug-likeness (QED) is 0.326. The lowest BCUT2D eigenvalue weighted by molar-refractivity contribution is 0.205. The van der Waals surface area contributed by atoms with E-state index in [0.717, 1.165) is 17.3 Å². The van der Waals surface area contributed by atoms with Crippen LogP contribution in [-0.4, -0.2) is 47.8 Å². The van der Waals surface area contributed by atoms with Crippen molar-refractivity contribution in [2.75, 3.05) is 31.7 Å². The van der Waals surface area contributed by atoms with Crippen LogP contribution in [0.5, 0.6) is 0 Å². The van der Waals surface area contributed by atoms with Crippen molar-refractivity contribution in [3.63, 3.8) is 0 Å². The number of aromatic nitrogens is 2. The molecule has 7 heteroatoms. The van der Waals surface area contributed by atoms with Gasteiger partial charge in [-0.05, 0) is 13.8 Å². The topological polar surface area (TPSA) is 96.9 Å². The zero-order valence-electron chi connectivity index (χ0n) is 11.6. The minimum Gasteiger partial charge on any atom is -0.409 e. The van der Waals surface area contributed by atoms with Crippen LogP contribution in [0.4, 0.5) is 5.82 Å². The van der Waals surface area contributed by atoms with Crippen LogP contribution in [-0.2, 0) is 4.74 Å². The van der Waals surface area contributed by atoms with Crippen molar-refractivity contribution >= 4 is 11.7 Å². The number of hydrogen-bond donors (Lipinski definition) is 2. The Balaban J connectivity index is 2.82. The third kappa shape index (κ3) is 5.09. The average Bonchev–Trinajstić information content (AvgIpc) is 2.37. The maximum absolute atomic E-state index is 8.58. The van der Waals surface area contributed by atoms with E-state index in [-0.39, 0.29) is 5.84 Å². The fraction of sp³-hybridized carbons (Fsp3) is 0.583. The lowest BCUT2D eigenvalue weighted by Crippen LogP contribution is -2.32. The van der Waals surface area contributed by atoms with Crippen LogP contribution >= 0.6 is 0 Å². The summed E-state index contributed by atoms with van der Waals surface area (Å²) in [5.74, 6) is 1.75. The van der Waals surface area contributed by atoms with Crippen LogP contribution in [0.15, 0.2) is 11.2 Å². The Labute approximate surface area is 113 Å². The van der Waals surface area contributed by atoms with Crippen LogP contribution in [0, 0.1) is 13.8 Å². The van der Waals surface area contributed by atoms with Gasteiger partial charge < -0.3 is 20.6 Å². The second-order valence-corrected chi connectivity index (χ2v) is 4.24. The summed E-state index contributed by atoms with van der Waals surface area (Å²) in [5.41, 5.74) is 6.41. The molecule has 0 unspecified atom stereocenters. The van der Waals surface area contributed by atoms with Gasteiger partial charge in [0.25, 0.3) is 0 Å². The number of amidine groups is 1. The van der Waals surface area contributed by atoms with E-state index in [1.54, 1.807) is 7.11 Å². The van der Waals surface area contributed by atoms with E-state index in [1.165, 1.54) is 0 Å². The highest BCUT2D eigenvalue weighted by Gasteiger charge is 2.10. The van der Waals surface area contributed by atoms with Crippen molar-refractivity contribution in [1.82, 2.24) is 9.97 Å². The molecule has 1 aromatic rings. The van der Waals surface area contributed by atoms with Crippen molar-refractivity contribution < 1.29 is 9.94 Å². The van der Waals surface area contributed by atoms with Gasteiger partial charge in [-0.15, -0.1) is 0 Å². The number of nitrogens with zero attached hydrogens (tertiary/aromatic N) is 4. The molecule has 0 aliphatic rings. The third-order valence-corrected chi connectivity index (χ3v) is 2.61. The van der Waals surface area contributed by atoms with Crippen LogP contribution < -0.4 is 10.6 Å². The Morgan fingerprint density at radius 1 is 1.42 bits per heavy atom. The van der Waals surface area contributed by atoms with Gasteiger partial charge in [-0.3, -0.25) is 0 Å². The first-order valence-corrected chi connectivity index (χ1v) is 6.09. The fourth-order valence-corrected chi connectivity index (χ4v) is 1.70. The molecule has 0 saturated carbocycles. The summed E-state index contributed by atoms with van der Waals surface area (Å²) < 4.78 is 5.09. The predicted molar refractivity (Wildman–Crippen MR) is 73.6 cm³/mol. The molecule has 0 saturated heterocycles. The van der Waals surface area contributed by atoms with Gasteiger partial charge in [0.2, 0.25) is 0 Å². The molecule has 0 fully saturated rings. The van der Waals surface area contributed by atoms with Gasteiger partial charge in [0.15, 0.2) is 0 Å². The van der Waals surface area contributed by atoms with Gasteiger partial charge in [-0.2, -0.15) is 0 Å². The number of anilines is 1. The summed E-state index contributed by atoms with van der Waals surface area (Å²) in [7, 11) is 1.65. The predicted octanol–water partition coefficient (Wildman–Crippen LogP) is 0.683. The number of hydrogen-bond acceptors (Lipinski definition) is 6. The largest absolute Gasteiger partial charge is 0.409 e. The second kappa shape index (κ2) is 7.52. The molecule has 0 bridgehead atoms. The molecule has 0 atom stereocenters. The van der Waals surface area contributed by atoms with Crippen molar-refractivity contribution in [3.8, 4) is 0 Å². The van der Waals surface area contributed by atoms with E-state index in [0.29, 0.717) is 26.1 Å². The molecule has 3 N–H and O–H groups in total. The van der Waals surface area contributed by atoms with Gasteiger partial charge in [-0.25, -0.2) is 9.97 Å². The summed E-state index contributed by atoms with van der Waals surface area (Å²) >= 11 is 0. The Morgan fingerprint density at radius 3 is 2.74 bits per heavy atom. The minimum atomic E-state index is 0.199. The molecule has 7 nitrogen and oxygen atoms in total. The Hall–Kier alpha value is -1.89. The van der Waals surface area contributed by atoms with Crippen LogP contribution in [0.25, 0.3) is 0 Å². The van der Waals surface area contributed by atoms with E-state index in [4.69, 9.17) is 15.7 Å². The number of ether oxygens (including phenoxy) is 1. The third-order valence-electron chi connectivity index (χ3n) is 2.61. The summed E-state index contributed by atoms with van der Waals surface area (Å²) in [6.07, 6.45) is 0.461. The zero-order valence-corrected chi connectivity index (χ0v) is 11.6. The van der Waals surface area contributed by atoms with E-state index < -0.39 is 0 Å². The highest BCUT2D eigenvalue weighted by atomic mass is 16.5. The number of rotatable bonds is 7. The molecule has 0 aliphatic heterocycles. The molecular weight excluding hydrogens is 246 g/mol. The SMILES string of the molecule is COCCN(CCC(N)=NO)c1cc(C)nc(C)n1. The summed E-state index contributed by atoms with van der Waals surface area (Å²) in [6.45, 7) is 5.66. The fourth-order valence-electron chi connectivity index (χ4n) is 1.70. The van der Waals surface area contributed by atoms with Crippen LogP contribution in [0.2, 0.25) is 0 Å². The number of aryl methyl sites for hydroxylation is 2. The standard InChI is InChI=1S/C12H21N5O2/c1-9-8-12(15-10(2)14-9)17(6-7-19-3)5-4-11(13)16-18/h8,18H,4-7H2,1-3H3,(H2,13,16). The lowest BCUT2D eigenvalue weighted by Gasteiger charge is -2.23. The Kier molecular flexibility index (Phi) is 6.01. The molecular formula is C12H21N5O2. The van der Waals surface area contributed by atoms with Gasteiger partial charge in [0, 0.05) is 38.4 Å². The summed E-state index contributed by atoms with van der Waals surface area (Å²) in [4.78, 5) is 10.7. The maximum atomic E-state index is 8.58. The molecule has 0 aliphatic carbocycles. The summed E-state index contributed by atoms with van der Waals surface area (Å²) in [6, 6.07) is 1.91. The first-order valence-electron chi connectivity index (χ1n) is 6.09. The van der Waals surface area contributed by atoms with E-state index in [9.17, 15) is 0 Å². The van der Waals surface area contributed by atoms with Gasteiger partial charge >= 0.3 is 0 Å². The highest BCUT2D eigenvalue weighted by molar-refractivity contribution is 5.80. The normalized spacial score (nSPS) is 11.6. The maximum Gasteiger partial charge on any atom is 0.140 e. The molecule has 1 aromatic heterocycles. The molecule has 1 rings (SSSR count). The van der Waals surface area contributed by atoms with Crippen molar-refractivity contribution in [2.24, 2.45) is 10.9 Å². The molecule has 0 radical (unpaired) electrons. The van der Waals surface area contributed by atoms with Crippen molar-refractivity contribution in [1.29, 1.82) is 0 Å². The molecule has 19 heavy (non-hydrogen) atoms. The Bertz CT molecular complexity index is 416. The van der Waals surface area contributed by atoms with Crippen LogP contribution in [0.1, 0.15) is 17.9 Å². The second-order valence-electron chi connectivity index (χ2n) is 4.24. The van der Waals surface area contributed by atoms with Gasteiger partial charge in [0.1, 0.15) is 17.5 Å². The minimum absolute atomic E-state index is 0.199. The van der Waals surface area contributed by atoms with Crippen molar-refractivity contribution in [3.05, 3.63) is 17.6 Å². The monoisotopic (exact) mass is 267 g/mol. The van der Waals surface area contributed by atoms with Crippen molar-refractivity contribution in [2.45, 2.75) is 20.3 Å². The van der Waals surface area contributed by atoms with E-state index >= 15 is 0 Å². The number of nitrogens with two attached hydrogens (primary N) is 1.